The molecule has 2 saturated heterocycles. The zero-order chi connectivity index (χ0) is 23.0. The Morgan fingerprint density at radius 3 is 2.42 bits per heavy atom. The van der Waals surface area contributed by atoms with Gasteiger partial charge in [-0.05, 0) is 61.8 Å². The molecule has 2 aromatic carbocycles. The highest BCUT2D eigenvalue weighted by atomic mass is 16.5. The molecule has 4 rings (SSSR count). The molecule has 176 valence electrons. The third kappa shape index (κ3) is 6.35. The molecule has 0 saturated carbocycles. The van der Waals surface area contributed by atoms with Gasteiger partial charge >= 0.3 is 0 Å². The van der Waals surface area contributed by atoms with Crippen molar-refractivity contribution in [1.29, 1.82) is 0 Å². The number of nitrogens with zero attached hydrogens (tertiary/aromatic N) is 2. The number of benzene rings is 2. The lowest BCUT2D eigenvalue weighted by Crippen LogP contribution is -2.39. The molecule has 6 heteroatoms. The van der Waals surface area contributed by atoms with Crippen LogP contribution in [0.2, 0.25) is 0 Å². The zero-order valence-corrected chi connectivity index (χ0v) is 19.6. The van der Waals surface area contributed by atoms with E-state index in [1.807, 2.05) is 53.4 Å². The molecule has 1 N–H and O–H groups in total. The highest BCUT2D eigenvalue weighted by molar-refractivity contribution is 6.02. The number of hydrogen-bond acceptors (Lipinski definition) is 4. The standard InChI is InChI=1S/C27H35N3O3/c1-21-12-16-30(17-13-21)27(32)24-18-23(10-11-25(24)29-14-6-3-7-15-29)28-26(31)20-33-19-22-8-4-2-5-9-22/h2,4-5,8-11,18,21H,3,6-7,12-17,19-20H2,1H3,(H,28,31). The smallest absolute Gasteiger partial charge is 0.256 e. The van der Waals surface area contributed by atoms with Crippen molar-refractivity contribution in [2.75, 3.05) is 43.0 Å². The number of carbonyl (C=O) groups is 2. The fourth-order valence-corrected chi connectivity index (χ4v) is 4.61. The van der Waals surface area contributed by atoms with Crippen molar-refractivity contribution in [3.63, 3.8) is 0 Å². The van der Waals surface area contributed by atoms with Gasteiger partial charge in [0.1, 0.15) is 6.61 Å². The van der Waals surface area contributed by atoms with Gasteiger partial charge in [0.2, 0.25) is 5.91 Å². The van der Waals surface area contributed by atoms with Crippen LogP contribution < -0.4 is 10.2 Å². The predicted molar refractivity (Wildman–Crippen MR) is 132 cm³/mol. The van der Waals surface area contributed by atoms with Crippen LogP contribution in [0, 0.1) is 5.92 Å². The van der Waals surface area contributed by atoms with Gasteiger partial charge in [0, 0.05) is 37.6 Å². The van der Waals surface area contributed by atoms with Crippen LogP contribution in [0.3, 0.4) is 0 Å². The number of hydrogen-bond donors (Lipinski definition) is 1. The number of nitrogens with one attached hydrogen (secondary N) is 1. The first-order valence-corrected chi connectivity index (χ1v) is 12.2. The summed E-state index contributed by atoms with van der Waals surface area (Å²) in [5, 5.41) is 2.91. The first-order valence-electron chi connectivity index (χ1n) is 12.2. The van der Waals surface area contributed by atoms with Crippen molar-refractivity contribution in [1.82, 2.24) is 4.90 Å². The highest BCUT2D eigenvalue weighted by Crippen LogP contribution is 2.29. The third-order valence-electron chi connectivity index (χ3n) is 6.62. The molecule has 2 amide bonds. The van der Waals surface area contributed by atoms with E-state index in [1.165, 1.54) is 6.42 Å². The first-order chi connectivity index (χ1) is 16.1. The van der Waals surface area contributed by atoms with E-state index in [-0.39, 0.29) is 18.4 Å². The molecule has 2 heterocycles. The van der Waals surface area contributed by atoms with Gasteiger partial charge in [-0.2, -0.15) is 0 Å². The molecule has 0 unspecified atom stereocenters. The van der Waals surface area contributed by atoms with Crippen molar-refractivity contribution in [2.45, 2.75) is 45.6 Å². The second-order valence-corrected chi connectivity index (χ2v) is 9.28. The molecule has 0 atom stereocenters. The normalized spacial score (nSPS) is 17.1. The fraction of sp³-hybridized carbons (Fsp3) is 0.481. The predicted octanol–water partition coefficient (Wildman–Crippen LogP) is 4.70. The second kappa shape index (κ2) is 11.3. The lowest BCUT2D eigenvalue weighted by Gasteiger charge is -2.34. The minimum Gasteiger partial charge on any atom is -0.371 e. The van der Waals surface area contributed by atoms with E-state index >= 15 is 0 Å². The van der Waals surface area contributed by atoms with E-state index in [4.69, 9.17) is 4.74 Å². The Bertz CT molecular complexity index is 933. The van der Waals surface area contributed by atoms with Gasteiger partial charge in [-0.3, -0.25) is 9.59 Å². The van der Waals surface area contributed by atoms with Crippen molar-refractivity contribution in [3.8, 4) is 0 Å². The molecule has 33 heavy (non-hydrogen) atoms. The Kier molecular flexibility index (Phi) is 8.00. The minimum atomic E-state index is -0.221. The van der Waals surface area contributed by atoms with E-state index in [9.17, 15) is 9.59 Å². The largest absolute Gasteiger partial charge is 0.371 e. The Labute approximate surface area is 196 Å². The van der Waals surface area contributed by atoms with Crippen LogP contribution >= 0.6 is 0 Å². The molecule has 2 aromatic rings. The minimum absolute atomic E-state index is 0.0317. The van der Waals surface area contributed by atoms with Gasteiger partial charge in [0.25, 0.3) is 5.91 Å². The maximum atomic E-state index is 13.5. The SMILES string of the molecule is CC1CCN(C(=O)c2cc(NC(=O)COCc3ccccc3)ccc2N2CCCCC2)CC1. The summed E-state index contributed by atoms with van der Waals surface area (Å²) in [6.45, 7) is 6.13. The second-order valence-electron chi connectivity index (χ2n) is 9.28. The Morgan fingerprint density at radius 1 is 0.970 bits per heavy atom. The summed E-state index contributed by atoms with van der Waals surface area (Å²) in [5.41, 5.74) is 3.34. The van der Waals surface area contributed by atoms with E-state index in [0.29, 0.717) is 23.8 Å². The van der Waals surface area contributed by atoms with Crippen LogP contribution in [-0.4, -0.2) is 49.5 Å². The maximum absolute atomic E-state index is 13.5. The van der Waals surface area contributed by atoms with Crippen LogP contribution in [0.4, 0.5) is 11.4 Å². The summed E-state index contributed by atoms with van der Waals surface area (Å²) >= 11 is 0. The summed E-state index contributed by atoms with van der Waals surface area (Å²) in [6.07, 6.45) is 5.61. The number of likely N-dealkylation sites (tertiary alicyclic amines) is 1. The monoisotopic (exact) mass is 449 g/mol. The van der Waals surface area contributed by atoms with Crippen LogP contribution in [0.15, 0.2) is 48.5 Å². The average molecular weight is 450 g/mol. The quantitative estimate of drug-likeness (QED) is 0.665. The Morgan fingerprint density at radius 2 is 1.70 bits per heavy atom. The lowest BCUT2D eigenvalue weighted by atomic mass is 9.98. The van der Waals surface area contributed by atoms with Gasteiger partial charge in [0.15, 0.2) is 0 Å². The fourth-order valence-electron chi connectivity index (χ4n) is 4.61. The number of amides is 2. The number of carbonyl (C=O) groups excluding carboxylic acids is 2. The average Bonchev–Trinajstić information content (AvgIpc) is 2.85. The molecule has 0 aromatic heterocycles. The molecule has 2 aliphatic heterocycles. The summed E-state index contributed by atoms with van der Waals surface area (Å²) in [4.78, 5) is 30.3. The van der Waals surface area contributed by atoms with Gasteiger partial charge < -0.3 is 19.9 Å². The lowest BCUT2D eigenvalue weighted by molar-refractivity contribution is -0.121. The van der Waals surface area contributed by atoms with Gasteiger partial charge in [-0.1, -0.05) is 37.3 Å². The third-order valence-corrected chi connectivity index (χ3v) is 6.62. The number of anilines is 2. The summed E-state index contributed by atoms with van der Waals surface area (Å²) < 4.78 is 5.56. The molecule has 0 radical (unpaired) electrons. The summed E-state index contributed by atoms with van der Waals surface area (Å²) in [6, 6.07) is 15.5. The van der Waals surface area contributed by atoms with E-state index in [1.54, 1.807) is 0 Å². The number of rotatable bonds is 7. The molecular weight excluding hydrogens is 414 g/mol. The van der Waals surface area contributed by atoms with Crippen molar-refractivity contribution >= 4 is 23.2 Å². The van der Waals surface area contributed by atoms with Gasteiger partial charge in [-0.15, -0.1) is 0 Å². The van der Waals surface area contributed by atoms with Crippen LogP contribution in [-0.2, 0) is 16.1 Å². The van der Waals surface area contributed by atoms with E-state index < -0.39 is 0 Å². The van der Waals surface area contributed by atoms with Crippen LogP contribution in [0.5, 0.6) is 0 Å². The van der Waals surface area contributed by atoms with Gasteiger partial charge in [-0.25, -0.2) is 0 Å². The molecule has 0 spiro atoms. The van der Waals surface area contributed by atoms with Crippen LogP contribution in [0.1, 0.15) is 54.9 Å². The molecular formula is C27H35N3O3. The van der Waals surface area contributed by atoms with Crippen molar-refractivity contribution in [3.05, 3.63) is 59.7 Å². The summed E-state index contributed by atoms with van der Waals surface area (Å²) in [7, 11) is 0. The van der Waals surface area contributed by atoms with Gasteiger partial charge in [0.05, 0.1) is 12.2 Å². The Balaban J connectivity index is 1.45. The molecule has 2 fully saturated rings. The highest BCUT2D eigenvalue weighted by Gasteiger charge is 2.26. The van der Waals surface area contributed by atoms with E-state index in [0.717, 1.165) is 63.1 Å². The number of piperidine rings is 2. The van der Waals surface area contributed by atoms with Crippen LogP contribution in [0.25, 0.3) is 0 Å². The molecule has 2 aliphatic rings. The van der Waals surface area contributed by atoms with Crippen molar-refractivity contribution in [2.24, 2.45) is 5.92 Å². The maximum Gasteiger partial charge on any atom is 0.256 e. The summed E-state index contributed by atoms with van der Waals surface area (Å²) in [5.74, 6) is 0.512. The van der Waals surface area contributed by atoms with Crippen molar-refractivity contribution < 1.29 is 14.3 Å². The molecule has 6 nitrogen and oxygen atoms in total. The number of ether oxygens (including phenoxy) is 1. The zero-order valence-electron chi connectivity index (χ0n) is 19.6. The Hall–Kier alpha value is -2.86. The van der Waals surface area contributed by atoms with E-state index in [2.05, 4.69) is 17.1 Å². The molecule has 0 aliphatic carbocycles. The first kappa shape index (κ1) is 23.3. The topological polar surface area (TPSA) is 61.9 Å². The molecule has 0 bridgehead atoms.